The van der Waals surface area contributed by atoms with Gasteiger partial charge in [0.05, 0.1) is 13.7 Å². The fourth-order valence-electron chi connectivity index (χ4n) is 3.92. The van der Waals surface area contributed by atoms with E-state index in [1.54, 1.807) is 0 Å². The van der Waals surface area contributed by atoms with E-state index in [1.165, 1.54) is 12.7 Å². The number of hydrogen-bond acceptors (Lipinski definition) is 4. The van der Waals surface area contributed by atoms with Gasteiger partial charge in [0, 0.05) is 6.42 Å². The number of amides is 1. The van der Waals surface area contributed by atoms with Crippen LogP contribution in [0.1, 0.15) is 24.0 Å². The Morgan fingerprint density at radius 3 is 2.17 bits per heavy atom. The van der Waals surface area contributed by atoms with E-state index in [0.717, 1.165) is 37.9 Å². The van der Waals surface area contributed by atoms with Gasteiger partial charge in [0.1, 0.15) is 6.04 Å². The van der Waals surface area contributed by atoms with Gasteiger partial charge in [-0.25, -0.2) is 4.79 Å². The van der Waals surface area contributed by atoms with Crippen molar-refractivity contribution in [1.29, 1.82) is 0 Å². The number of likely N-dealkylation sites (tertiary alicyclic amines) is 1. The molecule has 1 fully saturated rings. The van der Waals surface area contributed by atoms with E-state index in [2.05, 4.69) is 34.5 Å². The first kappa shape index (κ1) is 21.1. The monoisotopic (exact) mass is 394 g/mol. The Morgan fingerprint density at radius 1 is 1.00 bits per heavy atom. The van der Waals surface area contributed by atoms with Gasteiger partial charge in [-0.2, -0.15) is 0 Å². The predicted molar refractivity (Wildman–Crippen MR) is 113 cm³/mol. The summed E-state index contributed by atoms with van der Waals surface area (Å²) in [6, 6.07) is 19.6. The second-order valence-corrected chi connectivity index (χ2v) is 7.74. The minimum atomic E-state index is -0.662. The number of piperidine rings is 1. The Bertz CT molecular complexity index is 771. The molecule has 5 nitrogen and oxygen atoms in total. The Labute approximate surface area is 173 Å². The van der Waals surface area contributed by atoms with Gasteiger partial charge in [-0.15, -0.1) is 0 Å². The van der Waals surface area contributed by atoms with Gasteiger partial charge in [-0.05, 0) is 49.4 Å². The first-order valence-corrected chi connectivity index (χ1v) is 10.3. The third kappa shape index (κ3) is 6.71. The zero-order valence-electron chi connectivity index (χ0n) is 17.0. The molecule has 1 saturated heterocycles. The highest BCUT2D eigenvalue weighted by atomic mass is 16.5. The molecule has 2 aromatic carbocycles. The zero-order valence-corrected chi connectivity index (χ0v) is 17.0. The van der Waals surface area contributed by atoms with E-state index in [4.69, 9.17) is 4.74 Å². The minimum Gasteiger partial charge on any atom is -0.467 e. The van der Waals surface area contributed by atoms with Gasteiger partial charge in [0.15, 0.2) is 0 Å². The van der Waals surface area contributed by atoms with Gasteiger partial charge >= 0.3 is 5.97 Å². The molecule has 1 atom stereocenters. The topological polar surface area (TPSA) is 58.6 Å². The van der Waals surface area contributed by atoms with E-state index < -0.39 is 12.0 Å². The van der Waals surface area contributed by atoms with E-state index in [0.29, 0.717) is 18.9 Å². The second-order valence-electron chi connectivity index (χ2n) is 7.74. The normalized spacial score (nSPS) is 16.2. The SMILES string of the molecule is COC(=O)[C@H](Cc1ccccc1)NC(=O)CN1CCC(Cc2ccccc2)CC1. The highest BCUT2D eigenvalue weighted by molar-refractivity contribution is 5.85. The summed E-state index contributed by atoms with van der Waals surface area (Å²) in [5, 5.41) is 2.86. The number of ether oxygens (including phenoxy) is 1. The summed E-state index contributed by atoms with van der Waals surface area (Å²) in [6.45, 7) is 2.14. The fourth-order valence-corrected chi connectivity index (χ4v) is 3.92. The molecule has 0 radical (unpaired) electrons. The zero-order chi connectivity index (χ0) is 20.5. The maximum Gasteiger partial charge on any atom is 0.328 e. The van der Waals surface area contributed by atoms with Crippen LogP contribution in [0.25, 0.3) is 0 Å². The molecule has 0 aromatic heterocycles. The molecular formula is C24H30N2O3. The van der Waals surface area contributed by atoms with Crippen LogP contribution in [0, 0.1) is 5.92 Å². The van der Waals surface area contributed by atoms with Crippen molar-refractivity contribution in [1.82, 2.24) is 10.2 Å². The van der Waals surface area contributed by atoms with Crippen molar-refractivity contribution in [3.05, 3.63) is 71.8 Å². The highest BCUT2D eigenvalue weighted by Crippen LogP contribution is 2.21. The number of carbonyl (C=O) groups is 2. The molecule has 154 valence electrons. The number of esters is 1. The summed E-state index contributed by atoms with van der Waals surface area (Å²) in [6.07, 6.45) is 3.71. The number of rotatable bonds is 8. The predicted octanol–water partition coefficient (Wildman–Crippen LogP) is 2.84. The summed E-state index contributed by atoms with van der Waals surface area (Å²) in [5.41, 5.74) is 2.37. The summed E-state index contributed by atoms with van der Waals surface area (Å²) in [5.74, 6) is 0.124. The lowest BCUT2D eigenvalue weighted by atomic mass is 9.90. The van der Waals surface area contributed by atoms with Crippen molar-refractivity contribution in [2.45, 2.75) is 31.7 Å². The maximum atomic E-state index is 12.5. The molecule has 2 aromatic rings. The van der Waals surface area contributed by atoms with Crippen molar-refractivity contribution < 1.29 is 14.3 Å². The van der Waals surface area contributed by atoms with Crippen LogP contribution in [0.15, 0.2) is 60.7 Å². The smallest absolute Gasteiger partial charge is 0.328 e. The molecule has 1 N–H and O–H groups in total. The molecule has 29 heavy (non-hydrogen) atoms. The minimum absolute atomic E-state index is 0.127. The van der Waals surface area contributed by atoms with Crippen molar-refractivity contribution in [2.24, 2.45) is 5.92 Å². The Kier molecular flexibility index (Phi) is 7.82. The van der Waals surface area contributed by atoms with Gasteiger partial charge in [-0.1, -0.05) is 60.7 Å². The maximum absolute atomic E-state index is 12.5. The van der Waals surface area contributed by atoms with Crippen molar-refractivity contribution in [2.75, 3.05) is 26.7 Å². The Morgan fingerprint density at radius 2 is 1.59 bits per heavy atom. The van der Waals surface area contributed by atoms with E-state index in [-0.39, 0.29) is 5.91 Å². The average Bonchev–Trinajstić information content (AvgIpc) is 2.75. The average molecular weight is 395 g/mol. The molecule has 0 bridgehead atoms. The molecular weight excluding hydrogens is 364 g/mol. The van der Waals surface area contributed by atoms with Crippen LogP contribution in [-0.4, -0.2) is 49.6 Å². The number of nitrogens with zero attached hydrogens (tertiary/aromatic N) is 1. The molecule has 5 heteroatoms. The third-order valence-corrected chi connectivity index (χ3v) is 5.55. The molecule has 1 heterocycles. The standard InChI is InChI=1S/C24H30N2O3/c1-29-24(28)22(17-20-10-6-3-7-11-20)25-23(27)18-26-14-12-21(13-15-26)16-19-8-4-2-5-9-19/h2-11,21-22H,12-18H2,1H3,(H,25,27)/t22-/m0/s1. The lowest BCUT2D eigenvalue weighted by Gasteiger charge is -2.31. The lowest BCUT2D eigenvalue weighted by Crippen LogP contribution is -2.48. The highest BCUT2D eigenvalue weighted by Gasteiger charge is 2.25. The molecule has 1 amide bonds. The lowest BCUT2D eigenvalue weighted by molar-refractivity contribution is -0.145. The largest absolute Gasteiger partial charge is 0.467 e. The number of methoxy groups -OCH3 is 1. The molecule has 0 saturated carbocycles. The van der Waals surface area contributed by atoms with Crippen LogP contribution in [-0.2, 0) is 27.2 Å². The van der Waals surface area contributed by atoms with Crippen LogP contribution in [0.3, 0.4) is 0 Å². The number of benzene rings is 2. The summed E-state index contributed by atoms with van der Waals surface area (Å²) in [4.78, 5) is 26.8. The van der Waals surface area contributed by atoms with E-state index in [9.17, 15) is 9.59 Å². The summed E-state index contributed by atoms with van der Waals surface area (Å²) >= 11 is 0. The van der Waals surface area contributed by atoms with Gasteiger partial charge < -0.3 is 10.1 Å². The number of nitrogens with one attached hydrogen (secondary N) is 1. The molecule has 0 aliphatic carbocycles. The van der Waals surface area contributed by atoms with Gasteiger partial charge in [0.2, 0.25) is 5.91 Å². The molecule has 0 unspecified atom stereocenters. The number of carbonyl (C=O) groups excluding carboxylic acids is 2. The van der Waals surface area contributed by atoms with Crippen LogP contribution >= 0.6 is 0 Å². The van der Waals surface area contributed by atoms with E-state index in [1.807, 2.05) is 36.4 Å². The third-order valence-electron chi connectivity index (χ3n) is 5.55. The van der Waals surface area contributed by atoms with Crippen molar-refractivity contribution in [3.8, 4) is 0 Å². The molecule has 1 aliphatic rings. The van der Waals surface area contributed by atoms with Crippen LogP contribution in [0.4, 0.5) is 0 Å². The van der Waals surface area contributed by atoms with Crippen LogP contribution < -0.4 is 5.32 Å². The van der Waals surface area contributed by atoms with Crippen LogP contribution in [0.5, 0.6) is 0 Å². The van der Waals surface area contributed by atoms with E-state index >= 15 is 0 Å². The van der Waals surface area contributed by atoms with Crippen LogP contribution in [0.2, 0.25) is 0 Å². The Hall–Kier alpha value is -2.66. The van der Waals surface area contributed by atoms with Gasteiger partial charge in [-0.3, -0.25) is 9.69 Å². The summed E-state index contributed by atoms with van der Waals surface area (Å²) < 4.78 is 4.88. The van der Waals surface area contributed by atoms with Crippen molar-refractivity contribution >= 4 is 11.9 Å². The molecule has 1 aliphatic heterocycles. The fraction of sp³-hybridized carbons (Fsp3) is 0.417. The number of hydrogen-bond donors (Lipinski definition) is 1. The Balaban J connectivity index is 1.46. The quantitative estimate of drug-likeness (QED) is 0.700. The summed E-state index contributed by atoms with van der Waals surface area (Å²) in [7, 11) is 1.35. The second kappa shape index (κ2) is 10.8. The first-order chi connectivity index (χ1) is 14.1. The molecule has 3 rings (SSSR count). The molecule has 0 spiro atoms. The van der Waals surface area contributed by atoms with Gasteiger partial charge in [0.25, 0.3) is 0 Å². The first-order valence-electron chi connectivity index (χ1n) is 10.3. The van der Waals surface area contributed by atoms with Crippen molar-refractivity contribution in [3.63, 3.8) is 0 Å².